The first-order valence-corrected chi connectivity index (χ1v) is 7.89. The number of rotatable bonds is 10. The van der Waals surface area contributed by atoms with Crippen LogP contribution in [-0.4, -0.2) is 34.6 Å². The van der Waals surface area contributed by atoms with E-state index in [9.17, 15) is 14.4 Å². The first-order valence-electron chi connectivity index (χ1n) is 7.89. The van der Waals surface area contributed by atoms with E-state index in [0.717, 1.165) is 25.7 Å². The Labute approximate surface area is 132 Å². The van der Waals surface area contributed by atoms with E-state index >= 15 is 0 Å². The molecule has 0 heterocycles. The monoisotopic (exact) mass is 315 g/mol. The largest absolute Gasteiger partial charge is 0.481 e. The molecule has 0 aromatic carbocycles. The van der Waals surface area contributed by atoms with Crippen molar-refractivity contribution < 1.29 is 24.2 Å². The van der Waals surface area contributed by atoms with Crippen molar-refractivity contribution in [3.63, 3.8) is 0 Å². The SMILES string of the molecule is CCCCCCC(NC(=O)CCC(=O)O)C(=O)OC(C)(C)C. The van der Waals surface area contributed by atoms with Crippen LogP contribution in [0.15, 0.2) is 0 Å². The van der Waals surface area contributed by atoms with Crippen molar-refractivity contribution >= 4 is 17.8 Å². The highest BCUT2D eigenvalue weighted by molar-refractivity contribution is 5.86. The van der Waals surface area contributed by atoms with Gasteiger partial charge in [0.2, 0.25) is 5.91 Å². The van der Waals surface area contributed by atoms with Crippen molar-refractivity contribution in [3.05, 3.63) is 0 Å². The number of esters is 1. The molecule has 1 amide bonds. The minimum absolute atomic E-state index is 0.135. The van der Waals surface area contributed by atoms with Gasteiger partial charge < -0.3 is 15.2 Å². The molecule has 6 nitrogen and oxygen atoms in total. The fourth-order valence-electron chi connectivity index (χ4n) is 1.88. The number of nitrogens with one attached hydrogen (secondary N) is 1. The van der Waals surface area contributed by atoms with Gasteiger partial charge in [0.25, 0.3) is 0 Å². The van der Waals surface area contributed by atoms with Gasteiger partial charge in [0, 0.05) is 6.42 Å². The molecule has 0 bridgehead atoms. The summed E-state index contributed by atoms with van der Waals surface area (Å²) in [5.74, 6) is -1.94. The topological polar surface area (TPSA) is 92.7 Å². The second kappa shape index (κ2) is 10.2. The summed E-state index contributed by atoms with van der Waals surface area (Å²) in [6.07, 6.45) is 4.09. The third-order valence-corrected chi connectivity index (χ3v) is 2.94. The highest BCUT2D eigenvalue weighted by Gasteiger charge is 2.26. The van der Waals surface area contributed by atoms with Gasteiger partial charge in [-0.05, 0) is 27.2 Å². The summed E-state index contributed by atoms with van der Waals surface area (Å²) in [4.78, 5) is 34.4. The molecular formula is C16H29NO5. The van der Waals surface area contributed by atoms with Crippen LogP contribution < -0.4 is 5.32 Å². The second-order valence-electron chi connectivity index (χ2n) is 6.40. The van der Waals surface area contributed by atoms with Crippen molar-refractivity contribution in [2.75, 3.05) is 0 Å². The molecule has 0 rings (SSSR count). The Bertz CT molecular complexity index is 373. The van der Waals surface area contributed by atoms with Crippen LogP contribution in [0.5, 0.6) is 0 Å². The lowest BCUT2D eigenvalue weighted by atomic mass is 10.1. The minimum atomic E-state index is -1.04. The molecule has 6 heteroatoms. The van der Waals surface area contributed by atoms with Gasteiger partial charge in [0.15, 0.2) is 0 Å². The number of amides is 1. The maximum Gasteiger partial charge on any atom is 0.329 e. The Morgan fingerprint density at radius 2 is 1.73 bits per heavy atom. The van der Waals surface area contributed by atoms with Gasteiger partial charge in [-0.2, -0.15) is 0 Å². The molecule has 22 heavy (non-hydrogen) atoms. The number of carbonyl (C=O) groups excluding carboxylic acids is 2. The zero-order valence-corrected chi connectivity index (χ0v) is 14.1. The van der Waals surface area contributed by atoms with Gasteiger partial charge in [-0.3, -0.25) is 9.59 Å². The Morgan fingerprint density at radius 3 is 2.23 bits per heavy atom. The molecule has 128 valence electrons. The third-order valence-electron chi connectivity index (χ3n) is 2.94. The number of carboxylic acids is 1. The van der Waals surface area contributed by atoms with Gasteiger partial charge >= 0.3 is 11.9 Å². The van der Waals surface area contributed by atoms with Crippen molar-refractivity contribution in [3.8, 4) is 0 Å². The predicted octanol–water partition coefficient (Wildman–Crippen LogP) is 2.65. The average molecular weight is 315 g/mol. The predicted molar refractivity (Wildman–Crippen MR) is 83.4 cm³/mol. The molecule has 0 fully saturated rings. The quantitative estimate of drug-likeness (QED) is 0.477. The first-order chi connectivity index (χ1) is 10.2. The second-order valence-corrected chi connectivity index (χ2v) is 6.40. The van der Waals surface area contributed by atoms with Crippen molar-refractivity contribution in [2.45, 2.75) is 84.3 Å². The Morgan fingerprint density at radius 1 is 1.09 bits per heavy atom. The van der Waals surface area contributed by atoms with E-state index in [1.54, 1.807) is 20.8 Å². The summed E-state index contributed by atoms with van der Waals surface area (Å²) in [5.41, 5.74) is -0.620. The fraction of sp³-hybridized carbons (Fsp3) is 0.812. The zero-order valence-electron chi connectivity index (χ0n) is 14.1. The molecule has 2 N–H and O–H groups in total. The number of aliphatic carboxylic acids is 1. The zero-order chi connectivity index (χ0) is 17.2. The van der Waals surface area contributed by atoms with Gasteiger partial charge in [-0.15, -0.1) is 0 Å². The lowest BCUT2D eigenvalue weighted by Gasteiger charge is -2.24. The number of carboxylic acid groups (broad SMARTS) is 1. The lowest BCUT2D eigenvalue weighted by Crippen LogP contribution is -2.44. The minimum Gasteiger partial charge on any atom is -0.481 e. The maximum atomic E-state index is 12.1. The normalized spacial score (nSPS) is 12.5. The molecule has 0 saturated carbocycles. The standard InChI is InChI=1S/C16H29NO5/c1-5-6-7-8-9-12(15(21)22-16(2,3)4)17-13(18)10-11-14(19)20/h12H,5-11H2,1-4H3,(H,17,18)(H,19,20). The summed E-state index contributed by atoms with van der Waals surface area (Å²) in [6, 6.07) is -0.711. The van der Waals surface area contributed by atoms with Crippen LogP contribution >= 0.6 is 0 Å². The molecule has 0 aliphatic carbocycles. The average Bonchev–Trinajstić information content (AvgIpc) is 2.37. The van der Waals surface area contributed by atoms with Gasteiger partial charge in [0.05, 0.1) is 6.42 Å². The van der Waals surface area contributed by atoms with Crippen LogP contribution in [0.4, 0.5) is 0 Å². The van der Waals surface area contributed by atoms with E-state index in [1.807, 2.05) is 0 Å². The molecule has 0 saturated heterocycles. The van der Waals surface area contributed by atoms with Crippen molar-refractivity contribution in [1.82, 2.24) is 5.32 Å². The number of unbranched alkanes of at least 4 members (excludes halogenated alkanes) is 3. The molecule has 0 aliphatic rings. The number of hydrogen-bond acceptors (Lipinski definition) is 4. The van der Waals surface area contributed by atoms with Gasteiger partial charge in [-0.25, -0.2) is 4.79 Å². The highest BCUT2D eigenvalue weighted by Crippen LogP contribution is 2.13. The number of carbonyl (C=O) groups is 3. The number of hydrogen-bond donors (Lipinski definition) is 2. The number of ether oxygens (including phenoxy) is 1. The van der Waals surface area contributed by atoms with Gasteiger partial charge in [-0.1, -0.05) is 32.6 Å². The van der Waals surface area contributed by atoms with E-state index < -0.39 is 29.5 Å². The summed E-state index contributed by atoms with van der Waals surface area (Å²) >= 11 is 0. The Kier molecular flexibility index (Phi) is 9.45. The van der Waals surface area contributed by atoms with E-state index in [1.165, 1.54) is 0 Å². The first kappa shape index (κ1) is 20.4. The molecule has 0 aliphatic heterocycles. The van der Waals surface area contributed by atoms with Crippen LogP contribution in [-0.2, 0) is 19.1 Å². The summed E-state index contributed by atoms with van der Waals surface area (Å²) in [5, 5.41) is 11.2. The summed E-state index contributed by atoms with van der Waals surface area (Å²) in [6.45, 7) is 7.40. The van der Waals surface area contributed by atoms with Crippen molar-refractivity contribution in [1.29, 1.82) is 0 Å². The van der Waals surface area contributed by atoms with E-state index in [4.69, 9.17) is 9.84 Å². The van der Waals surface area contributed by atoms with Crippen LogP contribution in [0.1, 0.15) is 72.6 Å². The van der Waals surface area contributed by atoms with E-state index in [-0.39, 0.29) is 12.8 Å². The lowest BCUT2D eigenvalue weighted by molar-refractivity contribution is -0.158. The molecule has 0 spiro atoms. The maximum absolute atomic E-state index is 12.1. The van der Waals surface area contributed by atoms with Crippen LogP contribution in [0.3, 0.4) is 0 Å². The van der Waals surface area contributed by atoms with E-state index in [2.05, 4.69) is 12.2 Å². The molecule has 0 aromatic rings. The van der Waals surface area contributed by atoms with Crippen molar-refractivity contribution in [2.24, 2.45) is 0 Å². The molecular weight excluding hydrogens is 286 g/mol. The van der Waals surface area contributed by atoms with E-state index in [0.29, 0.717) is 6.42 Å². The molecule has 1 atom stereocenters. The molecule has 0 aromatic heterocycles. The Hall–Kier alpha value is -1.59. The molecule has 1 unspecified atom stereocenters. The fourth-order valence-corrected chi connectivity index (χ4v) is 1.88. The summed E-state index contributed by atoms with van der Waals surface area (Å²) in [7, 11) is 0. The van der Waals surface area contributed by atoms with Gasteiger partial charge in [0.1, 0.15) is 11.6 Å². The highest BCUT2D eigenvalue weighted by atomic mass is 16.6. The third kappa shape index (κ3) is 11.1. The van der Waals surface area contributed by atoms with Crippen LogP contribution in [0.2, 0.25) is 0 Å². The Balaban J connectivity index is 4.53. The smallest absolute Gasteiger partial charge is 0.329 e. The van der Waals surface area contributed by atoms with Crippen LogP contribution in [0.25, 0.3) is 0 Å². The van der Waals surface area contributed by atoms with Crippen LogP contribution in [0, 0.1) is 0 Å². The summed E-state index contributed by atoms with van der Waals surface area (Å²) < 4.78 is 5.31. The molecule has 0 radical (unpaired) electrons.